The summed E-state index contributed by atoms with van der Waals surface area (Å²) >= 11 is 0. The molecule has 0 aromatic heterocycles. The van der Waals surface area contributed by atoms with E-state index in [1.54, 1.807) is 12.1 Å². The van der Waals surface area contributed by atoms with E-state index < -0.39 is 0 Å². The molecule has 0 spiro atoms. The lowest BCUT2D eigenvalue weighted by Crippen LogP contribution is -2.50. The first-order valence-electron chi connectivity index (χ1n) is 10.7. The van der Waals surface area contributed by atoms with Gasteiger partial charge in [-0.05, 0) is 28.8 Å². The molecule has 1 aliphatic heterocycles. The van der Waals surface area contributed by atoms with Gasteiger partial charge in [-0.3, -0.25) is 14.5 Å². The normalized spacial score (nSPS) is 14.3. The van der Waals surface area contributed by atoms with E-state index in [9.17, 15) is 9.59 Å². The van der Waals surface area contributed by atoms with Crippen LogP contribution in [0.4, 0.5) is 0 Å². The number of carbonyl (C=O) groups excluding carboxylic acids is 2. The van der Waals surface area contributed by atoms with E-state index in [0.29, 0.717) is 18.7 Å². The molecule has 158 valence electrons. The molecule has 5 heteroatoms. The molecule has 0 aliphatic carbocycles. The highest BCUT2D eigenvalue weighted by molar-refractivity contribution is 5.96. The fourth-order valence-corrected chi connectivity index (χ4v) is 3.81. The molecular weight excluding hydrogens is 386 g/mol. The Hall–Kier alpha value is -3.44. The molecule has 1 saturated heterocycles. The number of amides is 2. The van der Waals surface area contributed by atoms with E-state index in [2.05, 4.69) is 22.3 Å². The third-order valence-electron chi connectivity index (χ3n) is 5.63. The van der Waals surface area contributed by atoms with Crippen molar-refractivity contribution in [1.29, 1.82) is 0 Å². The molecule has 3 aromatic rings. The number of carbonyl (C=O) groups is 2. The van der Waals surface area contributed by atoms with Crippen molar-refractivity contribution in [2.45, 2.75) is 6.54 Å². The molecule has 31 heavy (non-hydrogen) atoms. The van der Waals surface area contributed by atoms with Crippen LogP contribution in [0.5, 0.6) is 0 Å². The Morgan fingerprint density at radius 2 is 1.29 bits per heavy atom. The number of nitrogens with zero attached hydrogens (tertiary/aromatic N) is 2. The molecule has 1 N–H and O–H groups in total. The Bertz CT molecular complexity index is 996. The van der Waals surface area contributed by atoms with Gasteiger partial charge in [0.05, 0.1) is 6.54 Å². The Kier molecular flexibility index (Phi) is 6.75. The highest BCUT2D eigenvalue weighted by atomic mass is 16.2. The Labute approximate surface area is 183 Å². The van der Waals surface area contributed by atoms with Crippen LogP contribution in [0.3, 0.4) is 0 Å². The van der Waals surface area contributed by atoms with E-state index in [1.807, 2.05) is 65.6 Å². The molecular formula is C26H27N3O2. The van der Waals surface area contributed by atoms with Crippen LogP contribution in [0, 0.1) is 0 Å². The summed E-state index contributed by atoms with van der Waals surface area (Å²) in [6.45, 7) is 3.99. The molecule has 4 rings (SSSR count). The summed E-state index contributed by atoms with van der Waals surface area (Å²) in [5, 5.41) is 2.76. The van der Waals surface area contributed by atoms with E-state index in [4.69, 9.17) is 0 Å². The molecule has 0 bridgehead atoms. The zero-order valence-corrected chi connectivity index (χ0v) is 17.5. The zero-order valence-electron chi connectivity index (χ0n) is 17.5. The van der Waals surface area contributed by atoms with Crippen molar-refractivity contribution in [3.8, 4) is 11.1 Å². The van der Waals surface area contributed by atoms with Crippen LogP contribution in [-0.2, 0) is 11.3 Å². The van der Waals surface area contributed by atoms with E-state index in [0.717, 1.165) is 30.8 Å². The van der Waals surface area contributed by atoms with Gasteiger partial charge in [-0.25, -0.2) is 0 Å². The number of piperazine rings is 1. The highest BCUT2D eigenvalue weighted by Crippen LogP contribution is 2.19. The number of hydrogen-bond donors (Lipinski definition) is 1. The van der Waals surface area contributed by atoms with Gasteiger partial charge in [0.2, 0.25) is 5.91 Å². The van der Waals surface area contributed by atoms with E-state index in [1.165, 1.54) is 5.56 Å². The SMILES string of the molecule is O=C(NCC(=O)N1CCN(Cc2ccccc2)CC1)c1ccc(-c2ccccc2)cc1. The molecule has 0 saturated carbocycles. The number of rotatable bonds is 6. The van der Waals surface area contributed by atoms with Crippen molar-refractivity contribution in [2.75, 3.05) is 32.7 Å². The summed E-state index contributed by atoms with van der Waals surface area (Å²) in [5.74, 6) is -0.260. The average molecular weight is 414 g/mol. The number of benzene rings is 3. The van der Waals surface area contributed by atoms with Gasteiger partial charge in [0.25, 0.3) is 5.91 Å². The van der Waals surface area contributed by atoms with Gasteiger partial charge in [-0.15, -0.1) is 0 Å². The lowest BCUT2D eigenvalue weighted by atomic mass is 10.0. The van der Waals surface area contributed by atoms with Crippen LogP contribution in [0.25, 0.3) is 11.1 Å². The molecule has 1 fully saturated rings. The predicted octanol–water partition coefficient (Wildman–Crippen LogP) is 3.43. The largest absolute Gasteiger partial charge is 0.343 e. The number of hydrogen-bond acceptors (Lipinski definition) is 3. The van der Waals surface area contributed by atoms with Gasteiger partial charge in [0.1, 0.15) is 0 Å². The van der Waals surface area contributed by atoms with Gasteiger partial charge in [-0.2, -0.15) is 0 Å². The zero-order chi connectivity index (χ0) is 21.5. The molecule has 2 amide bonds. The fraction of sp³-hybridized carbons (Fsp3) is 0.231. The topological polar surface area (TPSA) is 52.7 Å². The van der Waals surface area contributed by atoms with Gasteiger partial charge in [0.15, 0.2) is 0 Å². The number of nitrogens with one attached hydrogen (secondary N) is 1. The van der Waals surface area contributed by atoms with Crippen LogP contribution in [-0.4, -0.2) is 54.3 Å². The first kappa shape index (κ1) is 20.8. The summed E-state index contributed by atoms with van der Waals surface area (Å²) in [6.07, 6.45) is 0. The van der Waals surface area contributed by atoms with E-state index in [-0.39, 0.29) is 18.4 Å². The van der Waals surface area contributed by atoms with Crippen molar-refractivity contribution in [1.82, 2.24) is 15.1 Å². The van der Waals surface area contributed by atoms with Gasteiger partial charge in [0, 0.05) is 38.3 Å². The highest BCUT2D eigenvalue weighted by Gasteiger charge is 2.21. The fourth-order valence-electron chi connectivity index (χ4n) is 3.81. The van der Waals surface area contributed by atoms with Crippen molar-refractivity contribution >= 4 is 11.8 Å². The van der Waals surface area contributed by atoms with Crippen LogP contribution in [0.2, 0.25) is 0 Å². The maximum Gasteiger partial charge on any atom is 0.251 e. The molecule has 3 aromatic carbocycles. The standard InChI is InChI=1S/C26H27N3O2/c30-25(29-17-15-28(16-18-29)20-21-7-3-1-4-8-21)19-27-26(31)24-13-11-23(12-14-24)22-9-5-2-6-10-22/h1-14H,15-20H2,(H,27,31). The van der Waals surface area contributed by atoms with Gasteiger partial charge >= 0.3 is 0 Å². The van der Waals surface area contributed by atoms with E-state index >= 15 is 0 Å². The minimum atomic E-state index is -0.226. The Morgan fingerprint density at radius 3 is 1.94 bits per heavy atom. The molecule has 5 nitrogen and oxygen atoms in total. The first-order valence-corrected chi connectivity index (χ1v) is 10.7. The second-order valence-electron chi connectivity index (χ2n) is 7.77. The summed E-state index contributed by atoms with van der Waals surface area (Å²) in [6, 6.07) is 27.8. The van der Waals surface area contributed by atoms with Crippen molar-refractivity contribution in [3.63, 3.8) is 0 Å². The minimum absolute atomic E-state index is 0.0257. The molecule has 0 radical (unpaired) electrons. The van der Waals surface area contributed by atoms with Crippen LogP contribution in [0.15, 0.2) is 84.9 Å². The van der Waals surface area contributed by atoms with Crippen molar-refractivity contribution in [2.24, 2.45) is 0 Å². The van der Waals surface area contributed by atoms with Crippen LogP contribution in [0.1, 0.15) is 15.9 Å². The monoisotopic (exact) mass is 413 g/mol. The predicted molar refractivity (Wildman–Crippen MR) is 123 cm³/mol. The lowest BCUT2D eigenvalue weighted by Gasteiger charge is -2.34. The molecule has 0 atom stereocenters. The van der Waals surface area contributed by atoms with Crippen LogP contribution >= 0.6 is 0 Å². The average Bonchev–Trinajstić information content (AvgIpc) is 2.84. The Balaban J connectivity index is 1.23. The first-order chi connectivity index (χ1) is 15.2. The summed E-state index contributed by atoms with van der Waals surface area (Å²) in [7, 11) is 0. The minimum Gasteiger partial charge on any atom is -0.343 e. The smallest absolute Gasteiger partial charge is 0.251 e. The summed E-state index contributed by atoms with van der Waals surface area (Å²) in [4.78, 5) is 29.2. The van der Waals surface area contributed by atoms with Crippen molar-refractivity contribution in [3.05, 3.63) is 96.1 Å². The molecule has 0 unspecified atom stereocenters. The van der Waals surface area contributed by atoms with Gasteiger partial charge < -0.3 is 10.2 Å². The quantitative estimate of drug-likeness (QED) is 0.674. The summed E-state index contributed by atoms with van der Waals surface area (Å²) in [5.41, 5.74) is 4.01. The Morgan fingerprint density at radius 1 is 0.710 bits per heavy atom. The molecule has 1 heterocycles. The van der Waals surface area contributed by atoms with Crippen LogP contribution < -0.4 is 5.32 Å². The second kappa shape index (κ2) is 10.0. The maximum atomic E-state index is 12.5. The third-order valence-corrected chi connectivity index (χ3v) is 5.63. The second-order valence-corrected chi connectivity index (χ2v) is 7.77. The molecule has 1 aliphatic rings. The lowest BCUT2D eigenvalue weighted by molar-refractivity contribution is -0.131. The summed E-state index contributed by atoms with van der Waals surface area (Å²) < 4.78 is 0. The third kappa shape index (κ3) is 5.58. The maximum absolute atomic E-state index is 12.5. The van der Waals surface area contributed by atoms with Gasteiger partial charge in [-0.1, -0.05) is 72.8 Å². The van der Waals surface area contributed by atoms with Crippen molar-refractivity contribution < 1.29 is 9.59 Å².